The van der Waals surface area contributed by atoms with Crippen LogP contribution in [0.1, 0.15) is 65.1 Å². The van der Waals surface area contributed by atoms with E-state index in [-0.39, 0.29) is 30.8 Å². The predicted octanol–water partition coefficient (Wildman–Crippen LogP) is 1.69. The zero-order chi connectivity index (χ0) is 21.4. The van der Waals surface area contributed by atoms with Crippen molar-refractivity contribution in [1.29, 1.82) is 0 Å². The highest BCUT2D eigenvalue weighted by molar-refractivity contribution is 6.21. The molecule has 5 rings (SSSR count). The molecular formula is C22H26N6O3. The second-order valence-corrected chi connectivity index (χ2v) is 8.63. The third-order valence-electron chi connectivity index (χ3n) is 6.77. The Hall–Kier alpha value is -3.10. The fourth-order valence-corrected chi connectivity index (χ4v) is 5.24. The van der Waals surface area contributed by atoms with Gasteiger partial charge in [-0.25, -0.2) is 0 Å². The fraction of sp³-hybridized carbons (Fsp3) is 0.545. The van der Waals surface area contributed by atoms with Crippen molar-refractivity contribution in [2.45, 2.75) is 57.5 Å². The number of benzene rings is 1. The number of piperidine rings is 1. The first-order valence-electron chi connectivity index (χ1n) is 11.1. The summed E-state index contributed by atoms with van der Waals surface area (Å²) in [5.41, 5.74) is 0.856. The maximum Gasteiger partial charge on any atom is 0.261 e. The van der Waals surface area contributed by atoms with E-state index in [0.29, 0.717) is 35.3 Å². The number of amides is 3. The molecule has 162 valence electrons. The molecule has 9 nitrogen and oxygen atoms in total. The summed E-state index contributed by atoms with van der Waals surface area (Å²) in [6.45, 7) is 1.06. The summed E-state index contributed by atoms with van der Waals surface area (Å²) >= 11 is 0. The van der Waals surface area contributed by atoms with Crippen molar-refractivity contribution in [1.82, 2.24) is 30.0 Å². The molecule has 0 unspecified atom stereocenters. The number of aromatic nitrogens is 4. The van der Waals surface area contributed by atoms with E-state index >= 15 is 0 Å². The van der Waals surface area contributed by atoms with Crippen molar-refractivity contribution >= 4 is 17.7 Å². The van der Waals surface area contributed by atoms with Gasteiger partial charge < -0.3 is 4.90 Å². The van der Waals surface area contributed by atoms with Crippen molar-refractivity contribution in [2.75, 3.05) is 13.1 Å². The van der Waals surface area contributed by atoms with E-state index in [2.05, 4.69) is 15.4 Å². The van der Waals surface area contributed by atoms with Gasteiger partial charge in [0.25, 0.3) is 11.8 Å². The van der Waals surface area contributed by atoms with Gasteiger partial charge >= 0.3 is 0 Å². The van der Waals surface area contributed by atoms with Gasteiger partial charge in [0.1, 0.15) is 6.54 Å². The molecule has 0 N–H and O–H groups in total. The van der Waals surface area contributed by atoms with Crippen molar-refractivity contribution in [3.8, 4) is 0 Å². The van der Waals surface area contributed by atoms with E-state index in [0.717, 1.165) is 19.4 Å². The number of carbonyl (C=O) groups excluding carboxylic acids is 3. The zero-order valence-corrected chi connectivity index (χ0v) is 17.4. The average molecular weight is 422 g/mol. The van der Waals surface area contributed by atoms with E-state index in [1.54, 1.807) is 24.3 Å². The summed E-state index contributed by atoms with van der Waals surface area (Å²) in [5, 5.41) is 12.3. The highest BCUT2D eigenvalue weighted by Gasteiger charge is 2.36. The SMILES string of the molecule is O=C1c2ccccc2C(=O)N1CCc1nnn(CC(=O)N2CCC[C@@H]3CCCC[C@H]32)n1. The predicted molar refractivity (Wildman–Crippen MR) is 110 cm³/mol. The van der Waals surface area contributed by atoms with Gasteiger partial charge in [-0.15, -0.1) is 10.2 Å². The molecule has 1 saturated heterocycles. The van der Waals surface area contributed by atoms with Gasteiger partial charge in [0.05, 0.1) is 11.1 Å². The van der Waals surface area contributed by atoms with Gasteiger partial charge in [-0.3, -0.25) is 19.3 Å². The van der Waals surface area contributed by atoms with E-state index < -0.39 is 0 Å². The van der Waals surface area contributed by atoms with Crippen molar-refractivity contribution in [2.24, 2.45) is 5.92 Å². The van der Waals surface area contributed by atoms with Crippen LogP contribution in [0.3, 0.4) is 0 Å². The Morgan fingerprint density at radius 2 is 1.71 bits per heavy atom. The molecule has 1 aromatic carbocycles. The summed E-state index contributed by atoms with van der Waals surface area (Å²) in [7, 11) is 0. The summed E-state index contributed by atoms with van der Waals surface area (Å²) in [6.07, 6.45) is 7.35. The number of carbonyl (C=O) groups is 3. The number of hydrogen-bond donors (Lipinski definition) is 0. The molecule has 2 atom stereocenters. The molecule has 1 aromatic heterocycles. The molecule has 0 bridgehead atoms. The number of tetrazole rings is 1. The number of nitrogens with zero attached hydrogens (tertiary/aromatic N) is 6. The second kappa shape index (κ2) is 8.20. The molecule has 31 heavy (non-hydrogen) atoms. The third kappa shape index (κ3) is 3.73. The lowest BCUT2D eigenvalue weighted by atomic mass is 9.78. The minimum Gasteiger partial charge on any atom is -0.338 e. The van der Waals surface area contributed by atoms with Crippen LogP contribution in [0.25, 0.3) is 0 Å². The Kier molecular flexibility index (Phi) is 5.25. The quantitative estimate of drug-likeness (QED) is 0.680. The topological polar surface area (TPSA) is 101 Å². The number of imide groups is 1. The van der Waals surface area contributed by atoms with Crippen LogP contribution in [-0.2, 0) is 17.8 Å². The fourth-order valence-electron chi connectivity index (χ4n) is 5.24. The van der Waals surface area contributed by atoms with E-state index in [4.69, 9.17) is 0 Å². The van der Waals surface area contributed by atoms with Crippen LogP contribution in [0.4, 0.5) is 0 Å². The minimum absolute atomic E-state index is 0.0425. The standard InChI is InChI=1S/C22H26N6O3/c29-20(26-12-5-7-15-6-1-4-10-18(15)26)14-28-24-19(23-25-28)11-13-27-21(30)16-8-2-3-9-17(16)22(27)31/h2-3,8-9,15,18H,1,4-7,10-14H2/t15-,18+/m0/s1. The molecule has 1 saturated carbocycles. The number of likely N-dealkylation sites (tertiary alicyclic amines) is 1. The maximum atomic E-state index is 12.9. The molecule has 3 aliphatic rings. The Balaban J connectivity index is 1.19. The van der Waals surface area contributed by atoms with Crippen molar-refractivity contribution in [3.05, 3.63) is 41.2 Å². The van der Waals surface area contributed by atoms with E-state index in [1.807, 2.05) is 4.90 Å². The highest BCUT2D eigenvalue weighted by atomic mass is 16.2. The van der Waals surface area contributed by atoms with Crippen LogP contribution in [0, 0.1) is 5.92 Å². The van der Waals surface area contributed by atoms with Gasteiger partial charge in [-0.1, -0.05) is 25.0 Å². The molecule has 2 fully saturated rings. The highest BCUT2D eigenvalue weighted by Crippen LogP contribution is 2.35. The van der Waals surface area contributed by atoms with Gasteiger partial charge in [-0.2, -0.15) is 4.80 Å². The summed E-state index contributed by atoms with van der Waals surface area (Å²) in [4.78, 5) is 42.4. The molecule has 3 amide bonds. The largest absolute Gasteiger partial charge is 0.338 e. The van der Waals surface area contributed by atoms with Crippen molar-refractivity contribution in [3.63, 3.8) is 0 Å². The summed E-state index contributed by atoms with van der Waals surface area (Å²) < 4.78 is 0. The number of fused-ring (bicyclic) bond motifs is 2. The normalized spacial score (nSPS) is 23.1. The van der Waals surface area contributed by atoms with Gasteiger partial charge in [0.15, 0.2) is 5.82 Å². The van der Waals surface area contributed by atoms with E-state index in [1.165, 1.54) is 35.4 Å². The van der Waals surface area contributed by atoms with Crippen molar-refractivity contribution < 1.29 is 14.4 Å². The maximum absolute atomic E-state index is 12.9. The Morgan fingerprint density at radius 1 is 1.00 bits per heavy atom. The van der Waals surface area contributed by atoms with Crippen LogP contribution in [0.2, 0.25) is 0 Å². The molecule has 9 heteroatoms. The lowest BCUT2D eigenvalue weighted by Crippen LogP contribution is -2.50. The average Bonchev–Trinajstić information content (AvgIpc) is 3.34. The van der Waals surface area contributed by atoms with Gasteiger partial charge in [0.2, 0.25) is 5.91 Å². The Labute approximate surface area is 180 Å². The molecule has 3 heterocycles. The lowest BCUT2D eigenvalue weighted by Gasteiger charge is -2.44. The summed E-state index contributed by atoms with van der Waals surface area (Å²) in [6, 6.07) is 7.16. The van der Waals surface area contributed by atoms with Crippen LogP contribution >= 0.6 is 0 Å². The summed E-state index contributed by atoms with van der Waals surface area (Å²) in [5.74, 6) is 0.496. The lowest BCUT2D eigenvalue weighted by molar-refractivity contribution is -0.138. The third-order valence-corrected chi connectivity index (χ3v) is 6.77. The minimum atomic E-state index is -0.296. The molecule has 0 spiro atoms. The monoisotopic (exact) mass is 422 g/mol. The molecule has 2 aromatic rings. The molecule has 1 aliphatic carbocycles. The van der Waals surface area contributed by atoms with Crippen LogP contribution < -0.4 is 0 Å². The van der Waals surface area contributed by atoms with E-state index in [9.17, 15) is 14.4 Å². The van der Waals surface area contributed by atoms with Gasteiger partial charge in [0, 0.05) is 25.6 Å². The first kappa shape index (κ1) is 19.8. The first-order chi connectivity index (χ1) is 15.1. The number of rotatable bonds is 5. The second-order valence-electron chi connectivity index (χ2n) is 8.63. The Bertz CT molecular complexity index is 981. The molecule has 0 radical (unpaired) electrons. The van der Waals surface area contributed by atoms with Crippen LogP contribution in [0.5, 0.6) is 0 Å². The first-order valence-corrected chi connectivity index (χ1v) is 11.1. The number of hydrogen-bond acceptors (Lipinski definition) is 6. The van der Waals surface area contributed by atoms with Crippen LogP contribution in [-0.4, -0.2) is 66.9 Å². The molecule has 2 aliphatic heterocycles. The van der Waals surface area contributed by atoms with Gasteiger partial charge in [-0.05, 0) is 48.9 Å². The smallest absolute Gasteiger partial charge is 0.261 e. The molecular weight excluding hydrogens is 396 g/mol. The Morgan fingerprint density at radius 3 is 2.48 bits per heavy atom. The van der Waals surface area contributed by atoms with Crippen LogP contribution in [0.15, 0.2) is 24.3 Å². The zero-order valence-electron chi connectivity index (χ0n) is 17.4.